The molecule has 0 saturated carbocycles. The van der Waals surface area contributed by atoms with Crippen LogP contribution in [0.3, 0.4) is 0 Å². The smallest absolute Gasteiger partial charge is 0.172 e. The fourth-order valence-electron chi connectivity index (χ4n) is 0.644. The number of hydrogen-bond donors (Lipinski definition) is 1. The van der Waals surface area contributed by atoms with E-state index in [1.807, 2.05) is 0 Å². The Balaban J connectivity index is 2.86. The molecule has 0 aromatic heterocycles. The number of hydrogen-bond acceptors (Lipinski definition) is 1. The molecule has 1 N–H and O–H groups in total. The van der Waals surface area contributed by atoms with Gasteiger partial charge in [0, 0.05) is 0 Å². The largest absolute Gasteiger partial charge is 0.435 e. The molecule has 0 aliphatic rings. The summed E-state index contributed by atoms with van der Waals surface area (Å²) in [5.41, 5.74) is 0. The van der Waals surface area contributed by atoms with E-state index in [0.29, 0.717) is 0 Å². The van der Waals surface area contributed by atoms with Crippen molar-refractivity contribution < 1.29 is 4.80 Å². The topological polar surface area (TPSA) is 20.2 Å². The molecule has 8 heavy (non-hydrogen) atoms. The van der Waals surface area contributed by atoms with Crippen molar-refractivity contribution in [3.05, 3.63) is 0 Å². The first kappa shape index (κ1) is 8.18. The van der Waals surface area contributed by atoms with Crippen molar-refractivity contribution in [2.75, 3.05) is 0 Å². The molecule has 1 atom stereocenters. The van der Waals surface area contributed by atoms with E-state index >= 15 is 0 Å². The van der Waals surface area contributed by atoms with E-state index in [2.05, 4.69) is 13.8 Å². The third kappa shape index (κ3) is 4.34. The fraction of sp³-hybridized carbons (Fsp3) is 1.00. The average Bonchev–Trinajstić information content (AvgIpc) is 1.83. The summed E-state index contributed by atoms with van der Waals surface area (Å²) in [7, 11) is -1.20. The predicted molar refractivity (Wildman–Crippen MR) is 39.6 cm³/mol. The number of unbranched alkanes of at least 4 members (excludes halogenated alkanes) is 1. The van der Waals surface area contributed by atoms with Crippen LogP contribution in [0.25, 0.3) is 0 Å². The molecule has 0 aliphatic carbocycles. The highest BCUT2D eigenvalue weighted by Crippen LogP contribution is 2.00. The minimum atomic E-state index is -1.20. The molecule has 0 amide bonds. The zero-order valence-electron chi connectivity index (χ0n) is 5.85. The molecule has 1 unspecified atom stereocenters. The normalized spacial score (nSPS) is 13.9. The highest BCUT2D eigenvalue weighted by Gasteiger charge is 1.99. The molecule has 0 radical (unpaired) electrons. The van der Waals surface area contributed by atoms with E-state index in [0.717, 1.165) is 12.1 Å². The van der Waals surface area contributed by atoms with Crippen molar-refractivity contribution in [1.29, 1.82) is 0 Å². The maximum absolute atomic E-state index is 9.13. The summed E-state index contributed by atoms with van der Waals surface area (Å²) in [6.07, 6.45) is 2.45. The van der Waals surface area contributed by atoms with Crippen LogP contribution < -0.4 is 0 Å². The van der Waals surface area contributed by atoms with E-state index in [1.165, 1.54) is 12.8 Å². The van der Waals surface area contributed by atoms with Crippen LogP contribution in [0, 0.1) is 0 Å². The molecule has 2 heteroatoms. The van der Waals surface area contributed by atoms with Crippen molar-refractivity contribution >= 4 is 9.04 Å². The third-order valence-electron chi connectivity index (χ3n) is 1.36. The zero-order chi connectivity index (χ0) is 6.41. The van der Waals surface area contributed by atoms with E-state index in [1.54, 1.807) is 0 Å². The summed E-state index contributed by atoms with van der Waals surface area (Å²) in [5, 5.41) is 0. The van der Waals surface area contributed by atoms with Crippen LogP contribution in [0.2, 0.25) is 12.1 Å². The Labute approximate surface area is 53.5 Å². The average molecular weight is 132 g/mol. The second kappa shape index (κ2) is 5.32. The Bertz CT molecular complexity index is 47.8. The fourth-order valence-corrected chi connectivity index (χ4v) is 1.93. The molecule has 0 aromatic carbocycles. The molecule has 50 valence electrons. The molecular weight excluding hydrogens is 116 g/mol. The second-order valence-electron chi connectivity index (χ2n) is 2.20. The van der Waals surface area contributed by atoms with Gasteiger partial charge in [0.1, 0.15) is 0 Å². The van der Waals surface area contributed by atoms with Gasteiger partial charge in [-0.25, -0.2) is 0 Å². The Morgan fingerprint density at radius 3 is 2.38 bits per heavy atom. The van der Waals surface area contributed by atoms with Gasteiger partial charge in [0.05, 0.1) is 0 Å². The van der Waals surface area contributed by atoms with Crippen LogP contribution in [0.1, 0.15) is 26.7 Å². The molecule has 0 saturated heterocycles. The van der Waals surface area contributed by atoms with Crippen LogP contribution in [0.4, 0.5) is 0 Å². The highest BCUT2D eigenvalue weighted by molar-refractivity contribution is 6.50. The summed E-state index contributed by atoms with van der Waals surface area (Å²) >= 11 is 0. The van der Waals surface area contributed by atoms with Gasteiger partial charge in [0.25, 0.3) is 0 Å². The molecular formula is C6H16OSi. The Hall–Kier alpha value is 0.177. The molecule has 0 aliphatic heterocycles. The molecule has 0 rings (SSSR count). The van der Waals surface area contributed by atoms with E-state index < -0.39 is 9.04 Å². The molecule has 0 bridgehead atoms. The highest BCUT2D eigenvalue weighted by atomic mass is 28.3. The molecule has 0 spiro atoms. The minimum Gasteiger partial charge on any atom is -0.435 e. The first-order chi connectivity index (χ1) is 3.81. The van der Waals surface area contributed by atoms with Crippen LogP contribution >= 0.6 is 0 Å². The zero-order valence-corrected chi connectivity index (χ0v) is 7.01. The lowest BCUT2D eigenvalue weighted by molar-refractivity contribution is 0.562. The second-order valence-corrected chi connectivity index (χ2v) is 4.91. The first-order valence-electron chi connectivity index (χ1n) is 3.49. The summed E-state index contributed by atoms with van der Waals surface area (Å²) in [6, 6.07) is 2.16. The molecule has 0 aromatic rings. The molecule has 0 fully saturated rings. The lowest BCUT2D eigenvalue weighted by Gasteiger charge is -2.01. The standard InChI is InChI=1S/C6H16OSi/c1-3-5-6-8(7)4-2/h7-8H,3-6H2,1-2H3. The lowest BCUT2D eigenvalue weighted by atomic mass is 10.4. The van der Waals surface area contributed by atoms with Crippen molar-refractivity contribution in [2.45, 2.75) is 38.8 Å². The van der Waals surface area contributed by atoms with Gasteiger partial charge in [0.15, 0.2) is 9.04 Å². The van der Waals surface area contributed by atoms with Crippen LogP contribution in [-0.4, -0.2) is 13.8 Å². The quantitative estimate of drug-likeness (QED) is 0.575. The molecule has 1 nitrogen and oxygen atoms in total. The lowest BCUT2D eigenvalue weighted by Crippen LogP contribution is -2.08. The predicted octanol–water partition coefficient (Wildman–Crippen LogP) is 1.52. The van der Waals surface area contributed by atoms with Crippen molar-refractivity contribution in [3.8, 4) is 0 Å². The Kier molecular flexibility index (Phi) is 5.43. The SMILES string of the molecule is CCCC[SiH](O)CC. The van der Waals surface area contributed by atoms with Crippen LogP contribution in [0.15, 0.2) is 0 Å². The Morgan fingerprint density at radius 2 is 2.00 bits per heavy atom. The van der Waals surface area contributed by atoms with Crippen molar-refractivity contribution in [2.24, 2.45) is 0 Å². The maximum Gasteiger partial charge on any atom is 0.172 e. The van der Waals surface area contributed by atoms with Gasteiger partial charge < -0.3 is 4.80 Å². The monoisotopic (exact) mass is 132 g/mol. The first-order valence-corrected chi connectivity index (χ1v) is 5.64. The number of rotatable bonds is 4. The van der Waals surface area contributed by atoms with Gasteiger partial charge in [-0.1, -0.05) is 26.7 Å². The summed E-state index contributed by atoms with van der Waals surface area (Å²) < 4.78 is 0. The van der Waals surface area contributed by atoms with E-state index in [9.17, 15) is 0 Å². The van der Waals surface area contributed by atoms with Gasteiger partial charge in [-0.05, 0) is 12.1 Å². The van der Waals surface area contributed by atoms with Gasteiger partial charge in [-0.2, -0.15) is 0 Å². The third-order valence-corrected chi connectivity index (χ3v) is 3.38. The molecule has 0 heterocycles. The maximum atomic E-state index is 9.13. The van der Waals surface area contributed by atoms with Gasteiger partial charge >= 0.3 is 0 Å². The van der Waals surface area contributed by atoms with Gasteiger partial charge in [-0.3, -0.25) is 0 Å². The van der Waals surface area contributed by atoms with Crippen molar-refractivity contribution in [1.82, 2.24) is 0 Å². The summed E-state index contributed by atoms with van der Waals surface area (Å²) in [5.74, 6) is 0. The summed E-state index contributed by atoms with van der Waals surface area (Å²) in [6.45, 7) is 4.24. The van der Waals surface area contributed by atoms with Crippen LogP contribution in [-0.2, 0) is 0 Å². The van der Waals surface area contributed by atoms with Crippen LogP contribution in [0.5, 0.6) is 0 Å². The summed E-state index contributed by atoms with van der Waals surface area (Å²) in [4.78, 5) is 9.13. The van der Waals surface area contributed by atoms with E-state index in [4.69, 9.17) is 4.80 Å². The van der Waals surface area contributed by atoms with Gasteiger partial charge in [0.2, 0.25) is 0 Å². The Morgan fingerprint density at radius 1 is 1.38 bits per heavy atom. The minimum absolute atomic E-state index is 1.04. The van der Waals surface area contributed by atoms with Crippen molar-refractivity contribution in [3.63, 3.8) is 0 Å². The van der Waals surface area contributed by atoms with Gasteiger partial charge in [-0.15, -0.1) is 0 Å². The van der Waals surface area contributed by atoms with E-state index in [-0.39, 0.29) is 0 Å².